The molecule has 2 fully saturated rings. The van der Waals surface area contributed by atoms with E-state index in [4.69, 9.17) is 4.74 Å². The van der Waals surface area contributed by atoms with Crippen molar-refractivity contribution in [3.8, 4) is 0 Å². The minimum atomic E-state index is 0.489. The fourth-order valence-corrected chi connectivity index (χ4v) is 4.90. The maximum absolute atomic E-state index is 6.28. The van der Waals surface area contributed by atoms with Crippen molar-refractivity contribution in [2.45, 2.75) is 82.6 Å². The molecular formula is C16H29BrO. The molecule has 0 aromatic heterocycles. The van der Waals surface area contributed by atoms with Crippen LogP contribution in [-0.4, -0.2) is 17.5 Å². The molecule has 0 saturated heterocycles. The molecule has 0 amide bonds. The molecule has 2 heteroatoms. The third-order valence-electron chi connectivity index (χ3n) is 5.08. The maximum Gasteiger partial charge on any atom is 0.0653 e. The molecule has 106 valence electrons. The summed E-state index contributed by atoms with van der Waals surface area (Å²) in [5.74, 6) is 0.729. The summed E-state index contributed by atoms with van der Waals surface area (Å²) in [6.07, 6.45) is 12.8. The zero-order chi connectivity index (χ0) is 13.0. The van der Waals surface area contributed by atoms with Crippen LogP contribution in [0.3, 0.4) is 0 Å². The van der Waals surface area contributed by atoms with Crippen molar-refractivity contribution in [3.63, 3.8) is 0 Å². The Labute approximate surface area is 121 Å². The van der Waals surface area contributed by atoms with Crippen molar-refractivity contribution >= 4 is 15.9 Å². The molecule has 0 aromatic carbocycles. The minimum absolute atomic E-state index is 0.489. The highest BCUT2D eigenvalue weighted by Crippen LogP contribution is 2.55. The van der Waals surface area contributed by atoms with E-state index >= 15 is 0 Å². The normalized spacial score (nSPS) is 32.8. The van der Waals surface area contributed by atoms with E-state index in [1.54, 1.807) is 0 Å². The van der Waals surface area contributed by atoms with Gasteiger partial charge in [-0.05, 0) is 31.6 Å². The Morgan fingerprint density at radius 3 is 2.44 bits per heavy atom. The second-order valence-electron chi connectivity index (χ2n) is 6.57. The van der Waals surface area contributed by atoms with Gasteiger partial charge in [-0.25, -0.2) is 0 Å². The Bertz CT molecular complexity index is 245. The molecule has 0 N–H and O–H groups in total. The summed E-state index contributed by atoms with van der Waals surface area (Å²) in [6.45, 7) is 5.56. The quantitative estimate of drug-likeness (QED) is 0.624. The van der Waals surface area contributed by atoms with Crippen molar-refractivity contribution in [2.75, 3.05) is 6.61 Å². The second kappa shape index (κ2) is 6.74. The van der Waals surface area contributed by atoms with E-state index in [1.807, 2.05) is 0 Å². The molecule has 0 bridgehead atoms. The summed E-state index contributed by atoms with van der Waals surface area (Å²) in [5.41, 5.74) is 0.489. The SMILES string of the molecule is CCCC(C)COC1CC(Br)C12CCCCCC2. The summed E-state index contributed by atoms with van der Waals surface area (Å²) < 4.78 is 6.28. The molecule has 1 spiro atoms. The van der Waals surface area contributed by atoms with Crippen molar-refractivity contribution in [1.82, 2.24) is 0 Å². The van der Waals surface area contributed by atoms with Crippen LogP contribution in [0.1, 0.15) is 71.6 Å². The number of hydrogen-bond donors (Lipinski definition) is 0. The van der Waals surface area contributed by atoms with Crippen LogP contribution in [0.15, 0.2) is 0 Å². The first kappa shape index (κ1) is 14.8. The number of alkyl halides is 1. The Kier molecular flexibility index (Phi) is 5.56. The largest absolute Gasteiger partial charge is 0.377 e. The minimum Gasteiger partial charge on any atom is -0.377 e. The molecule has 0 aliphatic heterocycles. The van der Waals surface area contributed by atoms with Crippen LogP contribution in [0.5, 0.6) is 0 Å². The van der Waals surface area contributed by atoms with Crippen molar-refractivity contribution in [3.05, 3.63) is 0 Å². The summed E-state index contributed by atoms with van der Waals surface area (Å²) in [5, 5.41) is 0. The molecule has 2 saturated carbocycles. The summed E-state index contributed by atoms with van der Waals surface area (Å²) in [6, 6.07) is 0. The van der Waals surface area contributed by atoms with Crippen LogP contribution in [0.25, 0.3) is 0 Å². The van der Waals surface area contributed by atoms with Crippen molar-refractivity contribution in [2.24, 2.45) is 11.3 Å². The molecule has 0 heterocycles. The molecule has 1 nitrogen and oxygen atoms in total. The second-order valence-corrected chi connectivity index (χ2v) is 7.67. The highest BCUT2D eigenvalue weighted by atomic mass is 79.9. The fourth-order valence-electron chi connectivity index (χ4n) is 3.81. The zero-order valence-electron chi connectivity index (χ0n) is 12.1. The van der Waals surface area contributed by atoms with Crippen LogP contribution in [-0.2, 0) is 4.74 Å². The summed E-state index contributed by atoms with van der Waals surface area (Å²) in [7, 11) is 0. The van der Waals surface area contributed by atoms with Gasteiger partial charge in [0.05, 0.1) is 6.10 Å². The van der Waals surface area contributed by atoms with Gasteiger partial charge in [-0.2, -0.15) is 0 Å². The van der Waals surface area contributed by atoms with E-state index in [2.05, 4.69) is 29.8 Å². The average molecular weight is 317 g/mol. The van der Waals surface area contributed by atoms with E-state index in [-0.39, 0.29) is 0 Å². The first-order valence-electron chi connectivity index (χ1n) is 7.94. The van der Waals surface area contributed by atoms with Gasteiger partial charge in [-0.15, -0.1) is 0 Å². The first-order chi connectivity index (χ1) is 8.69. The topological polar surface area (TPSA) is 9.23 Å². The maximum atomic E-state index is 6.28. The standard InChI is InChI=1S/C16H29BrO/c1-3-8-13(2)12-18-15-11-14(17)16(15)9-6-4-5-7-10-16/h13-15H,3-12H2,1-2H3. The van der Waals surface area contributed by atoms with Crippen LogP contribution < -0.4 is 0 Å². The predicted octanol–water partition coefficient (Wildman–Crippen LogP) is 5.32. The lowest BCUT2D eigenvalue weighted by Gasteiger charge is -2.53. The molecular weight excluding hydrogens is 288 g/mol. The summed E-state index contributed by atoms with van der Waals surface area (Å²) in [4.78, 5) is 0.717. The van der Waals surface area contributed by atoms with Crippen LogP contribution >= 0.6 is 15.9 Å². The Hall–Kier alpha value is 0.440. The smallest absolute Gasteiger partial charge is 0.0653 e. The van der Waals surface area contributed by atoms with Crippen LogP contribution in [0.2, 0.25) is 0 Å². The lowest BCUT2D eigenvalue weighted by atomic mass is 9.61. The number of rotatable bonds is 5. The molecule has 0 aromatic rings. The van der Waals surface area contributed by atoms with Gasteiger partial charge in [-0.3, -0.25) is 0 Å². The first-order valence-corrected chi connectivity index (χ1v) is 8.86. The van der Waals surface area contributed by atoms with E-state index in [0.29, 0.717) is 11.5 Å². The molecule has 3 unspecified atom stereocenters. The van der Waals surface area contributed by atoms with Crippen LogP contribution in [0, 0.1) is 11.3 Å². The lowest BCUT2D eigenvalue weighted by Crippen LogP contribution is -2.55. The molecule has 2 aliphatic rings. The third kappa shape index (κ3) is 3.12. The monoisotopic (exact) mass is 316 g/mol. The number of halogens is 1. The number of hydrogen-bond acceptors (Lipinski definition) is 1. The highest BCUT2D eigenvalue weighted by Gasteiger charge is 2.53. The van der Waals surface area contributed by atoms with Gasteiger partial charge < -0.3 is 4.74 Å². The molecule has 3 atom stereocenters. The van der Waals surface area contributed by atoms with Gasteiger partial charge >= 0.3 is 0 Å². The number of ether oxygens (including phenoxy) is 1. The zero-order valence-corrected chi connectivity index (χ0v) is 13.7. The van der Waals surface area contributed by atoms with Gasteiger partial charge in [0.15, 0.2) is 0 Å². The van der Waals surface area contributed by atoms with Crippen LogP contribution in [0.4, 0.5) is 0 Å². The van der Waals surface area contributed by atoms with Gasteiger partial charge in [0.25, 0.3) is 0 Å². The van der Waals surface area contributed by atoms with Gasteiger partial charge in [0.1, 0.15) is 0 Å². The fraction of sp³-hybridized carbons (Fsp3) is 1.00. The lowest BCUT2D eigenvalue weighted by molar-refractivity contribution is -0.119. The third-order valence-corrected chi connectivity index (χ3v) is 6.37. The molecule has 0 radical (unpaired) electrons. The van der Waals surface area contributed by atoms with E-state index < -0.39 is 0 Å². The average Bonchev–Trinajstić information content (AvgIpc) is 2.62. The Morgan fingerprint density at radius 1 is 1.22 bits per heavy atom. The Morgan fingerprint density at radius 2 is 1.89 bits per heavy atom. The summed E-state index contributed by atoms with van der Waals surface area (Å²) >= 11 is 3.91. The van der Waals surface area contributed by atoms with Gasteiger partial charge in [0, 0.05) is 16.8 Å². The molecule has 2 aliphatic carbocycles. The molecule has 2 rings (SSSR count). The van der Waals surface area contributed by atoms with E-state index in [0.717, 1.165) is 17.4 Å². The van der Waals surface area contributed by atoms with Gasteiger partial charge in [-0.1, -0.05) is 61.9 Å². The molecule has 18 heavy (non-hydrogen) atoms. The van der Waals surface area contributed by atoms with Crippen molar-refractivity contribution in [1.29, 1.82) is 0 Å². The highest BCUT2D eigenvalue weighted by molar-refractivity contribution is 9.09. The van der Waals surface area contributed by atoms with Crippen molar-refractivity contribution < 1.29 is 4.74 Å². The van der Waals surface area contributed by atoms with Gasteiger partial charge in [0.2, 0.25) is 0 Å². The Balaban J connectivity index is 1.85. The van der Waals surface area contributed by atoms with E-state index in [9.17, 15) is 0 Å². The predicted molar refractivity (Wildman–Crippen MR) is 81.3 cm³/mol. The van der Waals surface area contributed by atoms with E-state index in [1.165, 1.54) is 57.8 Å².